The molecule has 110 valence electrons. The van der Waals surface area contributed by atoms with Gasteiger partial charge in [-0.15, -0.1) is 0 Å². The van der Waals surface area contributed by atoms with Gasteiger partial charge in [0.25, 0.3) is 11.8 Å². The second-order valence-corrected chi connectivity index (χ2v) is 6.14. The molecule has 0 aromatic rings. The third kappa shape index (κ3) is 3.20. The number of rotatable bonds is 4. The molecule has 1 unspecified atom stereocenters. The number of amides is 2. The maximum Gasteiger partial charge on any atom is 0.282 e. The summed E-state index contributed by atoms with van der Waals surface area (Å²) in [5.41, 5.74) is 1.24. The maximum absolute atomic E-state index is 12.6. The molecule has 2 amide bonds. The monoisotopic (exact) mass is 278 g/mol. The first-order valence-corrected chi connectivity index (χ1v) is 7.85. The van der Waals surface area contributed by atoms with Gasteiger partial charge in [0.15, 0.2) is 13.1 Å². The number of quaternary nitrogens is 1. The van der Waals surface area contributed by atoms with Crippen LogP contribution >= 0.6 is 0 Å². The zero-order valence-corrected chi connectivity index (χ0v) is 12.0. The van der Waals surface area contributed by atoms with Gasteiger partial charge in [-0.1, -0.05) is 6.08 Å². The third-order valence-corrected chi connectivity index (χ3v) is 4.37. The molecule has 5 nitrogen and oxygen atoms in total. The summed E-state index contributed by atoms with van der Waals surface area (Å²) in [7, 11) is 0. The van der Waals surface area contributed by atoms with E-state index in [0.29, 0.717) is 25.7 Å². The highest BCUT2D eigenvalue weighted by Crippen LogP contribution is 2.33. The van der Waals surface area contributed by atoms with Crippen LogP contribution in [0.1, 0.15) is 38.5 Å². The Bertz CT molecular complexity index is 429. The van der Waals surface area contributed by atoms with Crippen LogP contribution in [0, 0.1) is 0 Å². The predicted octanol–water partition coefficient (Wildman–Crippen LogP) is -0.550. The van der Waals surface area contributed by atoms with Crippen molar-refractivity contribution in [2.24, 2.45) is 0 Å². The lowest BCUT2D eigenvalue weighted by Gasteiger charge is -2.30. The molecule has 1 aliphatic heterocycles. The van der Waals surface area contributed by atoms with Crippen molar-refractivity contribution >= 4 is 11.8 Å². The molecule has 20 heavy (non-hydrogen) atoms. The number of hydrogen-bond acceptors (Lipinski definition) is 2. The Morgan fingerprint density at radius 3 is 2.90 bits per heavy atom. The van der Waals surface area contributed by atoms with Crippen LogP contribution in [-0.2, 0) is 9.59 Å². The summed E-state index contributed by atoms with van der Waals surface area (Å²) >= 11 is 0. The SMILES string of the molecule is O=C1C[NH+](CC(=O)N(C2=CCCCC2)C2CC2)CCN1. The molecule has 0 aromatic heterocycles. The number of allylic oxidation sites excluding steroid dienone is 2. The Labute approximate surface area is 120 Å². The Morgan fingerprint density at radius 2 is 2.25 bits per heavy atom. The molecule has 2 N–H and O–H groups in total. The number of nitrogens with zero attached hydrogens (tertiary/aromatic N) is 1. The smallest absolute Gasteiger partial charge is 0.282 e. The lowest BCUT2D eigenvalue weighted by molar-refractivity contribution is -0.885. The fourth-order valence-electron chi connectivity index (χ4n) is 3.18. The highest BCUT2D eigenvalue weighted by Gasteiger charge is 2.37. The minimum absolute atomic E-state index is 0.0638. The Hall–Kier alpha value is -1.36. The fourth-order valence-corrected chi connectivity index (χ4v) is 3.18. The van der Waals surface area contributed by atoms with Gasteiger partial charge in [-0.05, 0) is 38.5 Å². The molecule has 3 aliphatic rings. The summed E-state index contributed by atoms with van der Waals surface area (Å²) in [4.78, 5) is 27.2. The van der Waals surface area contributed by atoms with E-state index in [9.17, 15) is 9.59 Å². The normalized spacial score (nSPS) is 26.7. The van der Waals surface area contributed by atoms with E-state index >= 15 is 0 Å². The Balaban J connectivity index is 1.63. The van der Waals surface area contributed by atoms with Gasteiger partial charge >= 0.3 is 0 Å². The minimum atomic E-state index is 0.0638. The quantitative estimate of drug-likeness (QED) is 0.725. The summed E-state index contributed by atoms with van der Waals surface area (Å²) in [6, 6.07) is 0.435. The van der Waals surface area contributed by atoms with Crippen molar-refractivity contribution in [2.45, 2.75) is 44.6 Å². The number of carbonyl (C=O) groups excluding carboxylic acids is 2. The molecule has 1 heterocycles. The van der Waals surface area contributed by atoms with Gasteiger partial charge in [-0.25, -0.2) is 0 Å². The lowest BCUT2D eigenvalue weighted by Crippen LogP contribution is -3.16. The summed E-state index contributed by atoms with van der Waals surface area (Å²) < 4.78 is 0. The van der Waals surface area contributed by atoms with Gasteiger partial charge in [-0.3, -0.25) is 9.59 Å². The van der Waals surface area contributed by atoms with Gasteiger partial charge in [-0.2, -0.15) is 0 Å². The zero-order valence-electron chi connectivity index (χ0n) is 12.0. The summed E-state index contributed by atoms with van der Waals surface area (Å²) in [5.74, 6) is 0.277. The van der Waals surface area contributed by atoms with Crippen molar-refractivity contribution in [1.82, 2.24) is 10.2 Å². The van der Waals surface area contributed by atoms with E-state index in [-0.39, 0.29) is 11.8 Å². The summed E-state index contributed by atoms with van der Waals surface area (Å²) in [6.07, 6.45) is 9.10. The van der Waals surface area contributed by atoms with E-state index in [1.807, 2.05) is 0 Å². The third-order valence-electron chi connectivity index (χ3n) is 4.37. The molecule has 2 aliphatic carbocycles. The van der Waals surface area contributed by atoms with Gasteiger partial charge in [0.1, 0.15) is 0 Å². The molecule has 0 spiro atoms. The van der Waals surface area contributed by atoms with Crippen molar-refractivity contribution in [3.63, 3.8) is 0 Å². The van der Waals surface area contributed by atoms with Crippen molar-refractivity contribution in [3.05, 3.63) is 11.8 Å². The van der Waals surface area contributed by atoms with Crippen LogP contribution in [-0.4, -0.2) is 48.9 Å². The Morgan fingerprint density at radius 1 is 1.40 bits per heavy atom. The van der Waals surface area contributed by atoms with E-state index in [2.05, 4.69) is 16.3 Å². The molecule has 5 heteroatoms. The van der Waals surface area contributed by atoms with E-state index < -0.39 is 0 Å². The molecule has 3 rings (SSSR count). The molecule has 0 bridgehead atoms. The standard InChI is InChI=1S/C15H23N3O2/c19-14-10-17(9-8-16-14)11-15(20)18(13-6-7-13)12-4-2-1-3-5-12/h4,13H,1-3,5-11H2,(H,16,19)/p+1. The summed E-state index contributed by atoms with van der Waals surface area (Å²) in [5, 5.41) is 2.82. The van der Waals surface area contributed by atoms with E-state index in [4.69, 9.17) is 0 Å². The van der Waals surface area contributed by atoms with Gasteiger partial charge in [0, 0.05) is 11.7 Å². The van der Waals surface area contributed by atoms with Crippen LogP contribution in [0.3, 0.4) is 0 Å². The molecule has 1 saturated carbocycles. The first-order valence-electron chi connectivity index (χ1n) is 7.85. The van der Waals surface area contributed by atoms with Crippen LogP contribution in [0.15, 0.2) is 11.8 Å². The molecule has 0 radical (unpaired) electrons. The largest absolute Gasteiger partial charge is 0.346 e. The number of carbonyl (C=O) groups is 2. The van der Waals surface area contributed by atoms with Gasteiger partial charge in [0.05, 0.1) is 13.1 Å². The van der Waals surface area contributed by atoms with Crippen LogP contribution in [0.5, 0.6) is 0 Å². The molecule has 1 saturated heterocycles. The maximum atomic E-state index is 12.6. The first kappa shape index (κ1) is 13.6. The van der Waals surface area contributed by atoms with Crippen molar-refractivity contribution < 1.29 is 14.5 Å². The highest BCUT2D eigenvalue weighted by molar-refractivity contribution is 5.81. The Kier molecular flexibility index (Phi) is 4.05. The second kappa shape index (κ2) is 5.95. The molecular weight excluding hydrogens is 254 g/mol. The number of hydrogen-bond donors (Lipinski definition) is 2. The topological polar surface area (TPSA) is 53.9 Å². The second-order valence-electron chi connectivity index (χ2n) is 6.14. The average molecular weight is 278 g/mol. The molecule has 0 aromatic carbocycles. The number of nitrogens with one attached hydrogen (secondary N) is 2. The fraction of sp³-hybridized carbons (Fsp3) is 0.733. The predicted molar refractivity (Wildman–Crippen MR) is 75.0 cm³/mol. The van der Waals surface area contributed by atoms with Crippen molar-refractivity contribution in [1.29, 1.82) is 0 Å². The van der Waals surface area contributed by atoms with E-state index in [1.165, 1.54) is 18.5 Å². The zero-order chi connectivity index (χ0) is 13.9. The first-order chi connectivity index (χ1) is 9.74. The van der Waals surface area contributed by atoms with E-state index in [0.717, 1.165) is 37.1 Å². The molecule has 1 atom stereocenters. The van der Waals surface area contributed by atoms with Crippen LogP contribution in [0.2, 0.25) is 0 Å². The molecular formula is C15H24N3O2+. The van der Waals surface area contributed by atoms with Crippen LogP contribution in [0.25, 0.3) is 0 Å². The average Bonchev–Trinajstić information content (AvgIpc) is 3.25. The lowest BCUT2D eigenvalue weighted by atomic mass is 10.0. The van der Waals surface area contributed by atoms with Crippen molar-refractivity contribution in [3.8, 4) is 0 Å². The van der Waals surface area contributed by atoms with Crippen LogP contribution in [0.4, 0.5) is 0 Å². The molecule has 2 fully saturated rings. The minimum Gasteiger partial charge on any atom is -0.346 e. The van der Waals surface area contributed by atoms with E-state index in [1.54, 1.807) is 0 Å². The van der Waals surface area contributed by atoms with Crippen LogP contribution < -0.4 is 10.2 Å². The summed E-state index contributed by atoms with van der Waals surface area (Å²) in [6.45, 7) is 2.44. The van der Waals surface area contributed by atoms with Crippen molar-refractivity contribution in [2.75, 3.05) is 26.2 Å². The number of piperazine rings is 1. The highest BCUT2D eigenvalue weighted by atomic mass is 16.2. The van der Waals surface area contributed by atoms with Gasteiger partial charge < -0.3 is 15.1 Å². The van der Waals surface area contributed by atoms with Gasteiger partial charge in [0.2, 0.25) is 0 Å².